The number of nitrogens with zero attached hydrogens (tertiary/aromatic N) is 3. The summed E-state index contributed by atoms with van der Waals surface area (Å²) in [7, 11) is 3.81. The molecule has 0 aromatic heterocycles. The highest BCUT2D eigenvalue weighted by Crippen LogP contribution is 2.41. The van der Waals surface area contributed by atoms with Gasteiger partial charge in [-0.25, -0.2) is 9.59 Å². The Hall–Kier alpha value is -3.73. The van der Waals surface area contributed by atoms with Crippen LogP contribution in [0.2, 0.25) is 0 Å². The van der Waals surface area contributed by atoms with Crippen LogP contribution >= 0.6 is 0 Å². The molecule has 3 rings (SSSR count). The van der Waals surface area contributed by atoms with Crippen LogP contribution in [0.5, 0.6) is 0 Å². The Balaban J connectivity index is 2.02. The first-order chi connectivity index (χ1) is 17.6. The molecule has 2 aliphatic heterocycles. The number of rotatable bonds is 11. The van der Waals surface area contributed by atoms with E-state index in [4.69, 9.17) is 9.47 Å². The second kappa shape index (κ2) is 12.5. The number of amides is 1. The van der Waals surface area contributed by atoms with E-state index in [0.29, 0.717) is 42.9 Å². The molecule has 2 aliphatic rings. The Labute approximate surface area is 216 Å². The van der Waals surface area contributed by atoms with E-state index >= 15 is 0 Å². The summed E-state index contributed by atoms with van der Waals surface area (Å²) in [5.41, 5.74) is 1.71. The Kier molecular flexibility index (Phi) is 9.40. The third-order valence-electron chi connectivity index (χ3n) is 6.35. The topological polar surface area (TPSA) is 131 Å². The van der Waals surface area contributed by atoms with Gasteiger partial charge in [0.1, 0.15) is 6.61 Å². The fourth-order valence-electron chi connectivity index (χ4n) is 4.57. The molecule has 1 aromatic rings. The van der Waals surface area contributed by atoms with Crippen molar-refractivity contribution in [2.24, 2.45) is 0 Å². The number of carbonyl (C=O) groups is 3. The predicted octanol–water partition coefficient (Wildman–Crippen LogP) is 2.49. The molecule has 0 aliphatic carbocycles. The smallest absolute Gasteiger partial charge is 0.336 e. The van der Waals surface area contributed by atoms with Gasteiger partial charge in [0.2, 0.25) is 5.91 Å². The van der Waals surface area contributed by atoms with Gasteiger partial charge in [-0.3, -0.25) is 14.9 Å². The maximum Gasteiger partial charge on any atom is 0.336 e. The van der Waals surface area contributed by atoms with Crippen LogP contribution in [0.15, 0.2) is 46.8 Å². The van der Waals surface area contributed by atoms with Crippen LogP contribution in [0.1, 0.15) is 44.6 Å². The summed E-state index contributed by atoms with van der Waals surface area (Å²) in [4.78, 5) is 53.2. The number of carbonyl (C=O) groups excluding carboxylic acids is 3. The summed E-state index contributed by atoms with van der Waals surface area (Å²) in [6.45, 7) is 5.03. The quantitative estimate of drug-likeness (QED) is 0.269. The largest absolute Gasteiger partial charge is 0.463 e. The van der Waals surface area contributed by atoms with E-state index in [2.05, 4.69) is 5.32 Å². The normalized spacial score (nSPS) is 17.8. The number of nitro groups is 1. The number of ether oxygens (including phenoxy) is 2. The predicted molar refractivity (Wildman–Crippen MR) is 135 cm³/mol. The van der Waals surface area contributed by atoms with Gasteiger partial charge in [-0.05, 0) is 39.9 Å². The van der Waals surface area contributed by atoms with Gasteiger partial charge in [0.05, 0.1) is 35.1 Å². The highest BCUT2D eigenvalue weighted by Gasteiger charge is 2.39. The van der Waals surface area contributed by atoms with Gasteiger partial charge in [0.15, 0.2) is 0 Å². The van der Waals surface area contributed by atoms with Gasteiger partial charge in [-0.1, -0.05) is 12.1 Å². The Morgan fingerprint density at radius 1 is 1.22 bits per heavy atom. The van der Waals surface area contributed by atoms with Crippen LogP contribution in [0.3, 0.4) is 0 Å². The first-order valence-corrected chi connectivity index (χ1v) is 12.4. The van der Waals surface area contributed by atoms with Crippen LogP contribution in [0, 0.1) is 10.1 Å². The van der Waals surface area contributed by atoms with Crippen molar-refractivity contribution in [1.29, 1.82) is 0 Å². The van der Waals surface area contributed by atoms with Crippen molar-refractivity contribution in [3.8, 4) is 0 Å². The monoisotopic (exact) mass is 514 g/mol. The molecule has 0 spiro atoms. The molecule has 1 fully saturated rings. The minimum absolute atomic E-state index is 0.00501. The van der Waals surface area contributed by atoms with Crippen molar-refractivity contribution in [3.05, 3.63) is 62.5 Å². The molecule has 1 atom stereocenters. The Morgan fingerprint density at radius 2 is 1.95 bits per heavy atom. The summed E-state index contributed by atoms with van der Waals surface area (Å²) in [5, 5.41) is 14.7. The number of allylic oxidation sites excluding steroid dienone is 1. The lowest BCUT2D eigenvalue weighted by Crippen LogP contribution is -2.35. The zero-order chi connectivity index (χ0) is 27.1. The second-order valence-corrected chi connectivity index (χ2v) is 9.24. The van der Waals surface area contributed by atoms with Gasteiger partial charge in [0.25, 0.3) is 5.69 Å². The standard InChI is InChI=1S/C26H34N4O7/c1-5-36-26(33)24-20(11-13-28(3)4)27-17(2)22(23(24)18-8-6-9-19(16-18)30(34)35)25(32)37-15-14-29-12-7-10-21(29)31/h6,8-9,16,23,27H,5,7,10-15H2,1-4H3. The van der Waals surface area contributed by atoms with Crippen LogP contribution < -0.4 is 5.32 Å². The van der Waals surface area contributed by atoms with E-state index in [0.717, 1.165) is 6.42 Å². The van der Waals surface area contributed by atoms with Gasteiger partial charge >= 0.3 is 11.9 Å². The Morgan fingerprint density at radius 3 is 2.57 bits per heavy atom. The van der Waals surface area contributed by atoms with E-state index in [1.165, 1.54) is 18.2 Å². The van der Waals surface area contributed by atoms with Gasteiger partial charge in [0, 0.05) is 49.5 Å². The lowest BCUT2D eigenvalue weighted by molar-refractivity contribution is -0.384. The summed E-state index contributed by atoms with van der Waals surface area (Å²) in [5.74, 6) is -2.18. The molecule has 1 unspecified atom stereocenters. The number of benzene rings is 1. The molecule has 200 valence electrons. The maximum atomic E-state index is 13.4. The fourth-order valence-corrected chi connectivity index (χ4v) is 4.57. The van der Waals surface area contributed by atoms with E-state index in [1.54, 1.807) is 24.8 Å². The molecule has 1 N–H and O–H groups in total. The molecule has 1 amide bonds. The van der Waals surface area contributed by atoms with E-state index < -0.39 is 22.8 Å². The molecule has 0 bridgehead atoms. The average molecular weight is 515 g/mol. The molecule has 1 aromatic carbocycles. The van der Waals surface area contributed by atoms with Crippen molar-refractivity contribution < 1.29 is 28.8 Å². The van der Waals surface area contributed by atoms with Crippen molar-refractivity contribution in [3.63, 3.8) is 0 Å². The maximum absolute atomic E-state index is 13.4. The SMILES string of the molecule is CCOC(=O)C1=C(CCN(C)C)NC(C)=C(C(=O)OCCN2CCCC2=O)C1c1cccc([N+](=O)[O-])c1. The van der Waals surface area contributed by atoms with Crippen molar-refractivity contribution in [2.75, 3.05) is 46.9 Å². The molecule has 37 heavy (non-hydrogen) atoms. The number of dihydropyridines is 1. The molecule has 0 saturated carbocycles. The summed E-state index contributed by atoms with van der Waals surface area (Å²) >= 11 is 0. The van der Waals surface area contributed by atoms with E-state index in [-0.39, 0.29) is 42.5 Å². The first kappa shape index (κ1) is 27.9. The minimum atomic E-state index is -0.932. The van der Waals surface area contributed by atoms with Crippen molar-refractivity contribution >= 4 is 23.5 Å². The molecule has 2 heterocycles. The number of hydrogen-bond acceptors (Lipinski definition) is 9. The highest BCUT2D eigenvalue weighted by atomic mass is 16.6. The first-order valence-electron chi connectivity index (χ1n) is 12.4. The molecular formula is C26H34N4O7. The third kappa shape index (κ3) is 6.73. The lowest BCUT2D eigenvalue weighted by Gasteiger charge is -2.32. The van der Waals surface area contributed by atoms with Crippen LogP contribution in [0.4, 0.5) is 5.69 Å². The zero-order valence-electron chi connectivity index (χ0n) is 21.7. The van der Waals surface area contributed by atoms with E-state index in [1.807, 2.05) is 19.0 Å². The zero-order valence-corrected chi connectivity index (χ0v) is 21.7. The molecule has 11 heteroatoms. The number of likely N-dealkylation sites (tertiary alicyclic amines) is 1. The molecule has 0 radical (unpaired) electrons. The van der Waals surface area contributed by atoms with Crippen LogP contribution in [0.25, 0.3) is 0 Å². The molecule has 11 nitrogen and oxygen atoms in total. The lowest BCUT2D eigenvalue weighted by atomic mass is 9.79. The van der Waals surface area contributed by atoms with Gasteiger partial charge < -0.3 is 24.6 Å². The second-order valence-electron chi connectivity index (χ2n) is 9.24. The molecule has 1 saturated heterocycles. The van der Waals surface area contributed by atoms with Crippen LogP contribution in [-0.4, -0.2) is 79.5 Å². The number of non-ortho nitro benzene ring substituents is 1. The number of hydrogen-bond donors (Lipinski definition) is 1. The average Bonchev–Trinajstić information content (AvgIpc) is 3.26. The summed E-state index contributed by atoms with van der Waals surface area (Å²) in [6, 6.07) is 5.89. The number of nitrogens with one attached hydrogen (secondary N) is 1. The molecular weight excluding hydrogens is 480 g/mol. The minimum Gasteiger partial charge on any atom is -0.463 e. The van der Waals surface area contributed by atoms with Gasteiger partial charge in [-0.2, -0.15) is 0 Å². The Bertz CT molecular complexity index is 1130. The number of esters is 2. The van der Waals surface area contributed by atoms with E-state index in [9.17, 15) is 24.5 Å². The number of nitro benzene ring substituents is 1. The van der Waals surface area contributed by atoms with Crippen molar-refractivity contribution in [1.82, 2.24) is 15.1 Å². The summed E-state index contributed by atoms with van der Waals surface area (Å²) < 4.78 is 10.9. The highest BCUT2D eigenvalue weighted by molar-refractivity contribution is 6.00. The third-order valence-corrected chi connectivity index (χ3v) is 6.35. The summed E-state index contributed by atoms with van der Waals surface area (Å²) in [6.07, 6.45) is 1.73. The van der Waals surface area contributed by atoms with Gasteiger partial charge in [-0.15, -0.1) is 0 Å². The fraction of sp³-hybridized carbons (Fsp3) is 0.500. The van der Waals surface area contributed by atoms with Crippen molar-refractivity contribution in [2.45, 2.75) is 39.0 Å². The van der Waals surface area contributed by atoms with Crippen LogP contribution in [-0.2, 0) is 23.9 Å².